The van der Waals surface area contributed by atoms with Crippen molar-refractivity contribution in [2.45, 2.75) is 19.9 Å². The molecule has 2 aromatic rings. The Hall–Kier alpha value is -2.22. The van der Waals surface area contributed by atoms with Crippen LogP contribution in [-0.2, 0) is 6.54 Å². The summed E-state index contributed by atoms with van der Waals surface area (Å²) in [6.45, 7) is 2.44. The Kier molecular flexibility index (Phi) is 3.11. The van der Waals surface area contributed by atoms with Crippen molar-refractivity contribution in [3.63, 3.8) is 0 Å². The van der Waals surface area contributed by atoms with Crippen molar-refractivity contribution >= 4 is 10.9 Å². The first-order chi connectivity index (χ1) is 8.58. The molecule has 0 fully saturated rings. The van der Waals surface area contributed by atoms with E-state index in [1.165, 1.54) is 6.20 Å². The summed E-state index contributed by atoms with van der Waals surface area (Å²) in [7, 11) is 0. The van der Waals surface area contributed by atoms with Crippen molar-refractivity contribution in [1.82, 2.24) is 4.57 Å². The van der Waals surface area contributed by atoms with Gasteiger partial charge in [0, 0.05) is 18.8 Å². The van der Waals surface area contributed by atoms with Crippen molar-refractivity contribution in [3.8, 4) is 6.07 Å². The third-order valence-electron chi connectivity index (χ3n) is 2.71. The van der Waals surface area contributed by atoms with Gasteiger partial charge in [-0.05, 0) is 12.5 Å². The Morgan fingerprint density at radius 3 is 2.61 bits per heavy atom. The van der Waals surface area contributed by atoms with E-state index in [0.717, 1.165) is 18.6 Å². The molecule has 3 nitrogen and oxygen atoms in total. The van der Waals surface area contributed by atoms with E-state index in [-0.39, 0.29) is 10.9 Å². The molecule has 1 aromatic heterocycles. The Morgan fingerprint density at radius 1 is 1.33 bits per heavy atom. The fourth-order valence-corrected chi connectivity index (χ4v) is 1.89. The molecule has 0 amide bonds. The minimum Gasteiger partial charge on any atom is -0.346 e. The van der Waals surface area contributed by atoms with Gasteiger partial charge in [-0.25, -0.2) is 8.78 Å². The normalized spacial score (nSPS) is 10.6. The lowest BCUT2D eigenvalue weighted by Gasteiger charge is -2.10. The van der Waals surface area contributed by atoms with Crippen LogP contribution in [0.15, 0.2) is 23.1 Å². The molecule has 0 spiro atoms. The summed E-state index contributed by atoms with van der Waals surface area (Å²) in [4.78, 5) is 11.9. The molecule has 0 saturated carbocycles. The highest BCUT2D eigenvalue weighted by Crippen LogP contribution is 2.17. The smallest absolute Gasteiger partial charge is 0.207 e. The van der Waals surface area contributed by atoms with E-state index < -0.39 is 17.1 Å². The maximum absolute atomic E-state index is 13.2. The number of hydrogen-bond acceptors (Lipinski definition) is 2. The second kappa shape index (κ2) is 4.57. The molecule has 2 rings (SSSR count). The number of rotatable bonds is 2. The predicted molar refractivity (Wildman–Crippen MR) is 63.1 cm³/mol. The van der Waals surface area contributed by atoms with Crippen molar-refractivity contribution in [2.75, 3.05) is 0 Å². The molecule has 0 unspecified atom stereocenters. The Labute approximate surface area is 102 Å². The van der Waals surface area contributed by atoms with Crippen LogP contribution in [0.25, 0.3) is 10.9 Å². The van der Waals surface area contributed by atoms with Crippen molar-refractivity contribution in [3.05, 3.63) is 45.8 Å². The topological polar surface area (TPSA) is 45.8 Å². The molecule has 0 saturated heterocycles. The number of nitrogens with zero attached hydrogens (tertiary/aromatic N) is 2. The molecule has 0 radical (unpaired) electrons. The Morgan fingerprint density at radius 2 is 2.00 bits per heavy atom. The van der Waals surface area contributed by atoms with Crippen LogP contribution in [0.2, 0.25) is 0 Å². The number of hydrogen-bond donors (Lipinski definition) is 0. The molecular formula is C13H10F2N2O. The standard InChI is InChI=1S/C13H10F2N2O/c1-2-3-17-7-8(6-16)13(18)9-4-10(14)11(15)5-12(9)17/h4-5,7H,2-3H2,1H3. The quantitative estimate of drug-likeness (QED) is 0.819. The summed E-state index contributed by atoms with van der Waals surface area (Å²) in [5.41, 5.74) is -0.333. The third kappa shape index (κ3) is 1.86. The van der Waals surface area contributed by atoms with Gasteiger partial charge in [0.1, 0.15) is 11.6 Å². The largest absolute Gasteiger partial charge is 0.346 e. The van der Waals surface area contributed by atoms with Gasteiger partial charge in [-0.3, -0.25) is 4.79 Å². The predicted octanol–water partition coefficient (Wildman–Crippen LogP) is 2.56. The Balaban J connectivity index is 2.92. The van der Waals surface area contributed by atoms with Crippen LogP contribution in [0.5, 0.6) is 0 Å². The van der Waals surface area contributed by atoms with Gasteiger partial charge in [0.25, 0.3) is 0 Å². The third-order valence-corrected chi connectivity index (χ3v) is 2.71. The maximum atomic E-state index is 13.2. The molecular weight excluding hydrogens is 238 g/mol. The highest BCUT2D eigenvalue weighted by atomic mass is 19.2. The molecule has 18 heavy (non-hydrogen) atoms. The van der Waals surface area contributed by atoms with Gasteiger partial charge in [-0.2, -0.15) is 5.26 Å². The molecule has 5 heteroatoms. The summed E-state index contributed by atoms with van der Waals surface area (Å²) in [6.07, 6.45) is 2.13. The van der Waals surface area contributed by atoms with Crippen LogP contribution in [0.1, 0.15) is 18.9 Å². The number of benzene rings is 1. The van der Waals surface area contributed by atoms with Crippen molar-refractivity contribution < 1.29 is 8.78 Å². The van der Waals surface area contributed by atoms with Crippen LogP contribution in [-0.4, -0.2) is 4.57 Å². The van der Waals surface area contributed by atoms with E-state index in [4.69, 9.17) is 5.26 Å². The van der Waals surface area contributed by atoms with Crippen LogP contribution in [0.3, 0.4) is 0 Å². The van der Waals surface area contributed by atoms with E-state index in [0.29, 0.717) is 12.1 Å². The number of nitriles is 1. The summed E-state index contributed by atoms with van der Waals surface area (Å²) >= 11 is 0. The van der Waals surface area contributed by atoms with Gasteiger partial charge in [-0.15, -0.1) is 0 Å². The first-order valence-electron chi connectivity index (χ1n) is 5.50. The number of fused-ring (bicyclic) bond motifs is 1. The van der Waals surface area contributed by atoms with Crippen molar-refractivity contribution in [1.29, 1.82) is 5.26 Å². The molecule has 1 aromatic carbocycles. The van der Waals surface area contributed by atoms with E-state index in [1.807, 2.05) is 6.92 Å². The zero-order valence-corrected chi connectivity index (χ0v) is 9.70. The summed E-state index contributed by atoms with van der Waals surface area (Å²) in [5, 5.41) is 8.89. The molecule has 0 N–H and O–H groups in total. The van der Waals surface area contributed by atoms with Crippen LogP contribution >= 0.6 is 0 Å². The fourth-order valence-electron chi connectivity index (χ4n) is 1.89. The van der Waals surface area contributed by atoms with E-state index in [1.54, 1.807) is 10.6 Å². The lowest BCUT2D eigenvalue weighted by atomic mass is 10.1. The van der Waals surface area contributed by atoms with Gasteiger partial charge in [0.15, 0.2) is 11.6 Å². The summed E-state index contributed by atoms with van der Waals surface area (Å²) in [5.74, 6) is -2.09. The minimum atomic E-state index is -1.09. The van der Waals surface area contributed by atoms with Crippen LogP contribution in [0, 0.1) is 23.0 Å². The zero-order chi connectivity index (χ0) is 13.3. The van der Waals surface area contributed by atoms with Crippen molar-refractivity contribution in [2.24, 2.45) is 0 Å². The molecule has 0 atom stereocenters. The van der Waals surface area contributed by atoms with Gasteiger partial charge < -0.3 is 4.57 Å². The fraction of sp³-hybridized carbons (Fsp3) is 0.231. The van der Waals surface area contributed by atoms with Crippen LogP contribution < -0.4 is 5.43 Å². The van der Waals surface area contributed by atoms with Gasteiger partial charge in [-0.1, -0.05) is 6.92 Å². The monoisotopic (exact) mass is 248 g/mol. The average Bonchev–Trinajstić information content (AvgIpc) is 2.35. The second-order valence-corrected chi connectivity index (χ2v) is 3.96. The van der Waals surface area contributed by atoms with E-state index >= 15 is 0 Å². The molecule has 1 heterocycles. The van der Waals surface area contributed by atoms with Gasteiger partial charge in [0.05, 0.1) is 10.9 Å². The summed E-state index contributed by atoms with van der Waals surface area (Å²) < 4.78 is 28.0. The average molecular weight is 248 g/mol. The molecule has 0 aliphatic rings. The van der Waals surface area contributed by atoms with Crippen LogP contribution in [0.4, 0.5) is 8.78 Å². The molecule has 0 bridgehead atoms. The molecule has 0 aliphatic heterocycles. The number of halogens is 2. The maximum Gasteiger partial charge on any atom is 0.207 e. The zero-order valence-electron chi connectivity index (χ0n) is 9.70. The minimum absolute atomic E-state index is 0.0291. The second-order valence-electron chi connectivity index (χ2n) is 3.96. The molecule has 0 aliphatic carbocycles. The number of aryl methyl sites for hydroxylation is 1. The van der Waals surface area contributed by atoms with E-state index in [9.17, 15) is 13.6 Å². The molecule has 92 valence electrons. The Bertz CT molecular complexity index is 713. The lowest BCUT2D eigenvalue weighted by molar-refractivity contribution is 0.509. The first kappa shape index (κ1) is 12.2. The van der Waals surface area contributed by atoms with Gasteiger partial charge >= 0.3 is 0 Å². The highest BCUT2D eigenvalue weighted by Gasteiger charge is 2.12. The highest BCUT2D eigenvalue weighted by molar-refractivity contribution is 5.80. The first-order valence-corrected chi connectivity index (χ1v) is 5.50. The number of aromatic nitrogens is 1. The lowest BCUT2D eigenvalue weighted by Crippen LogP contribution is -2.13. The van der Waals surface area contributed by atoms with Gasteiger partial charge in [0.2, 0.25) is 5.43 Å². The van der Waals surface area contributed by atoms with E-state index in [2.05, 4.69) is 0 Å². The SMILES string of the molecule is CCCn1cc(C#N)c(=O)c2cc(F)c(F)cc21. The number of pyridine rings is 1. The summed E-state index contributed by atoms with van der Waals surface area (Å²) in [6, 6.07) is 3.61.